The topological polar surface area (TPSA) is 24.5 Å². The molecule has 0 aliphatic heterocycles. The van der Waals surface area contributed by atoms with Crippen molar-refractivity contribution in [3.63, 3.8) is 0 Å². The molecule has 28 heavy (non-hydrogen) atoms. The van der Waals surface area contributed by atoms with Gasteiger partial charge in [0.15, 0.2) is 0 Å². The van der Waals surface area contributed by atoms with Gasteiger partial charge in [-0.1, -0.05) is 58.9 Å². The van der Waals surface area contributed by atoms with Crippen molar-refractivity contribution in [2.75, 3.05) is 39.8 Å². The number of methoxy groups -OCH3 is 1. The predicted octanol–water partition coefficient (Wildman–Crippen LogP) is 5.55. The Labute approximate surface area is 172 Å². The Balaban J connectivity index is 1.78. The lowest BCUT2D eigenvalue weighted by molar-refractivity contribution is 0.216. The van der Waals surface area contributed by atoms with Crippen molar-refractivity contribution < 1.29 is 4.74 Å². The summed E-state index contributed by atoms with van der Waals surface area (Å²) in [5, 5.41) is 6.18. The van der Waals surface area contributed by atoms with Gasteiger partial charge in [0.1, 0.15) is 5.75 Å². The van der Waals surface area contributed by atoms with Crippen molar-refractivity contribution >= 4 is 10.8 Å². The molecule has 0 saturated carbocycles. The summed E-state index contributed by atoms with van der Waals surface area (Å²) in [5.74, 6) is 2.90. The van der Waals surface area contributed by atoms with Gasteiger partial charge in [0, 0.05) is 19.6 Å². The Kier molecular flexibility index (Phi) is 9.27. The summed E-state index contributed by atoms with van der Waals surface area (Å²) in [6.07, 6.45) is 1.21. The molecule has 0 aliphatic carbocycles. The summed E-state index contributed by atoms with van der Waals surface area (Å²) < 4.78 is 5.32. The van der Waals surface area contributed by atoms with Crippen LogP contribution in [0, 0.1) is 11.8 Å². The number of benzene rings is 2. The standard InChI is InChI=1S/C25H40N2O/c1-19(2)17-27(18-20(3)4)13-7-12-26-16-21(5)22-8-9-24-15-25(28-6)11-10-23(24)14-22/h8-11,14-15,19-21,26H,7,12-13,16-18H2,1-6H3. The number of hydrogen-bond acceptors (Lipinski definition) is 3. The minimum atomic E-state index is 0.508. The van der Waals surface area contributed by atoms with Crippen LogP contribution in [0.2, 0.25) is 0 Å². The molecule has 0 saturated heterocycles. The quantitative estimate of drug-likeness (QED) is 0.486. The number of nitrogens with one attached hydrogen (secondary N) is 1. The van der Waals surface area contributed by atoms with E-state index in [9.17, 15) is 0 Å². The molecule has 0 heterocycles. The van der Waals surface area contributed by atoms with Crippen LogP contribution in [0.4, 0.5) is 0 Å². The van der Waals surface area contributed by atoms with Crippen LogP contribution in [0.1, 0.15) is 52.5 Å². The van der Waals surface area contributed by atoms with E-state index in [1.807, 2.05) is 6.07 Å². The van der Waals surface area contributed by atoms with Gasteiger partial charge in [-0.3, -0.25) is 0 Å². The van der Waals surface area contributed by atoms with E-state index in [2.05, 4.69) is 75.2 Å². The third kappa shape index (κ3) is 7.44. The molecule has 2 aromatic rings. The normalized spacial score (nSPS) is 13.0. The Morgan fingerprint density at radius 1 is 0.893 bits per heavy atom. The lowest BCUT2D eigenvalue weighted by Crippen LogP contribution is -2.34. The molecule has 0 spiro atoms. The van der Waals surface area contributed by atoms with Crippen LogP contribution in [0.15, 0.2) is 36.4 Å². The van der Waals surface area contributed by atoms with Gasteiger partial charge in [-0.2, -0.15) is 0 Å². The summed E-state index contributed by atoms with van der Waals surface area (Å²) in [4.78, 5) is 2.62. The second-order valence-corrected chi connectivity index (χ2v) is 8.98. The minimum Gasteiger partial charge on any atom is -0.497 e. The number of ether oxygens (including phenoxy) is 1. The lowest BCUT2D eigenvalue weighted by atomic mass is 9.97. The zero-order valence-corrected chi connectivity index (χ0v) is 18.8. The van der Waals surface area contributed by atoms with Crippen LogP contribution >= 0.6 is 0 Å². The van der Waals surface area contributed by atoms with E-state index in [1.54, 1.807) is 7.11 Å². The van der Waals surface area contributed by atoms with Gasteiger partial charge in [0.2, 0.25) is 0 Å². The Morgan fingerprint density at radius 3 is 2.18 bits per heavy atom. The molecule has 3 nitrogen and oxygen atoms in total. The smallest absolute Gasteiger partial charge is 0.119 e. The SMILES string of the molecule is COc1ccc2cc(C(C)CNCCCN(CC(C)C)CC(C)C)ccc2c1. The molecule has 1 atom stereocenters. The summed E-state index contributed by atoms with van der Waals surface area (Å²) in [5.41, 5.74) is 1.39. The molecule has 0 amide bonds. The van der Waals surface area contributed by atoms with Crippen LogP contribution in [0.25, 0.3) is 10.8 Å². The first-order valence-corrected chi connectivity index (χ1v) is 10.9. The molecule has 0 aromatic heterocycles. The third-order valence-electron chi connectivity index (χ3n) is 5.17. The second kappa shape index (κ2) is 11.4. The first-order chi connectivity index (χ1) is 13.4. The van der Waals surface area contributed by atoms with Crippen molar-refractivity contribution in [2.24, 2.45) is 11.8 Å². The van der Waals surface area contributed by atoms with Gasteiger partial charge >= 0.3 is 0 Å². The van der Waals surface area contributed by atoms with E-state index in [0.717, 1.165) is 30.7 Å². The molecule has 2 aromatic carbocycles. The maximum Gasteiger partial charge on any atom is 0.119 e. The number of rotatable bonds is 12. The largest absolute Gasteiger partial charge is 0.497 e. The molecule has 0 radical (unpaired) electrons. The monoisotopic (exact) mass is 384 g/mol. The van der Waals surface area contributed by atoms with Crippen LogP contribution in [-0.4, -0.2) is 44.7 Å². The fourth-order valence-electron chi connectivity index (χ4n) is 3.83. The van der Waals surface area contributed by atoms with Crippen LogP contribution in [-0.2, 0) is 0 Å². The van der Waals surface area contributed by atoms with Crippen molar-refractivity contribution in [2.45, 2.75) is 47.0 Å². The van der Waals surface area contributed by atoms with E-state index in [0.29, 0.717) is 5.92 Å². The average Bonchev–Trinajstić information content (AvgIpc) is 2.65. The van der Waals surface area contributed by atoms with E-state index in [-0.39, 0.29) is 0 Å². The fraction of sp³-hybridized carbons (Fsp3) is 0.600. The zero-order chi connectivity index (χ0) is 20.5. The maximum absolute atomic E-state index is 5.32. The van der Waals surface area contributed by atoms with E-state index < -0.39 is 0 Å². The molecule has 3 heteroatoms. The van der Waals surface area contributed by atoms with Crippen molar-refractivity contribution in [3.05, 3.63) is 42.0 Å². The Hall–Kier alpha value is -1.58. The third-order valence-corrected chi connectivity index (χ3v) is 5.17. The van der Waals surface area contributed by atoms with Crippen molar-refractivity contribution in [3.8, 4) is 5.75 Å². The van der Waals surface area contributed by atoms with E-state index >= 15 is 0 Å². The molecular formula is C25H40N2O. The van der Waals surface area contributed by atoms with E-state index in [1.165, 1.54) is 42.4 Å². The van der Waals surface area contributed by atoms with Gasteiger partial charge < -0.3 is 15.0 Å². The van der Waals surface area contributed by atoms with Gasteiger partial charge in [-0.25, -0.2) is 0 Å². The predicted molar refractivity (Wildman–Crippen MR) is 123 cm³/mol. The summed E-state index contributed by atoms with van der Waals surface area (Å²) >= 11 is 0. The molecule has 0 fully saturated rings. The van der Waals surface area contributed by atoms with Crippen molar-refractivity contribution in [1.29, 1.82) is 0 Å². The molecule has 156 valence electrons. The first kappa shape index (κ1) is 22.7. The van der Waals surface area contributed by atoms with Crippen molar-refractivity contribution in [1.82, 2.24) is 10.2 Å². The van der Waals surface area contributed by atoms with Crippen LogP contribution in [0.3, 0.4) is 0 Å². The highest BCUT2D eigenvalue weighted by molar-refractivity contribution is 5.84. The van der Waals surface area contributed by atoms with Gasteiger partial charge in [0.25, 0.3) is 0 Å². The molecule has 1 unspecified atom stereocenters. The minimum absolute atomic E-state index is 0.508. The molecule has 1 N–H and O–H groups in total. The first-order valence-electron chi connectivity index (χ1n) is 10.9. The summed E-state index contributed by atoms with van der Waals surface area (Å²) in [6, 6.07) is 13.1. The van der Waals surface area contributed by atoms with E-state index in [4.69, 9.17) is 4.74 Å². The highest BCUT2D eigenvalue weighted by atomic mass is 16.5. The number of fused-ring (bicyclic) bond motifs is 1. The van der Waals surface area contributed by atoms with Crippen LogP contribution in [0.5, 0.6) is 5.75 Å². The second-order valence-electron chi connectivity index (χ2n) is 8.98. The number of hydrogen-bond donors (Lipinski definition) is 1. The Bertz CT molecular complexity index is 701. The van der Waals surface area contributed by atoms with Gasteiger partial charge in [-0.05, 0) is 65.7 Å². The Morgan fingerprint density at radius 2 is 1.54 bits per heavy atom. The molecular weight excluding hydrogens is 344 g/mol. The fourth-order valence-corrected chi connectivity index (χ4v) is 3.83. The molecule has 2 rings (SSSR count). The molecule has 0 aliphatic rings. The average molecular weight is 385 g/mol. The van der Waals surface area contributed by atoms with Gasteiger partial charge in [0.05, 0.1) is 7.11 Å². The lowest BCUT2D eigenvalue weighted by Gasteiger charge is -2.26. The highest BCUT2D eigenvalue weighted by Crippen LogP contribution is 2.24. The van der Waals surface area contributed by atoms with Crippen LogP contribution < -0.4 is 10.1 Å². The zero-order valence-electron chi connectivity index (χ0n) is 18.8. The maximum atomic E-state index is 5.32. The summed E-state index contributed by atoms with van der Waals surface area (Å²) in [7, 11) is 1.72. The summed E-state index contributed by atoms with van der Waals surface area (Å²) in [6.45, 7) is 17.3. The highest BCUT2D eigenvalue weighted by Gasteiger charge is 2.10. The number of nitrogens with zero attached hydrogens (tertiary/aromatic N) is 1. The molecule has 0 bridgehead atoms. The van der Waals surface area contributed by atoms with Gasteiger partial charge in [-0.15, -0.1) is 0 Å².